The van der Waals surface area contributed by atoms with E-state index in [9.17, 15) is 9.59 Å². The molecule has 0 unspecified atom stereocenters. The smallest absolute Gasteiger partial charge is 0.349 e. The van der Waals surface area contributed by atoms with E-state index in [0.29, 0.717) is 35.6 Å². The number of carbonyl (C=O) groups is 2. The number of carbonyl (C=O) groups excluding carboxylic acids is 2. The number of cyclic esters (lactones) is 1. The Kier molecular flexibility index (Phi) is 13.6. The third-order valence-electron chi connectivity index (χ3n) is 8.97. The van der Waals surface area contributed by atoms with Crippen LogP contribution in [0.1, 0.15) is 92.9 Å². The van der Waals surface area contributed by atoms with Crippen molar-refractivity contribution in [1.29, 1.82) is 0 Å². The monoisotopic (exact) mass is 697 g/mol. The number of esters is 2. The molecule has 1 fully saturated rings. The molecule has 0 saturated heterocycles. The molecule has 5 atom stereocenters. The molecule has 0 amide bonds. The molecule has 1 aliphatic carbocycles. The minimum atomic E-state index is -0.905. The number of rotatable bonds is 16. The Labute approximate surface area is 283 Å². The van der Waals surface area contributed by atoms with Gasteiger partial charge in [-0.25, -0.2) is 9.59 Å². The average molecular weight is 699 g/mol. The highest BCUT2D eigenvalue weighted by molar-refractivity contribution is 9.12. The van der Waals surface area contributed by atoms with Crippen LogP contribution < -0.4 is 14.8 Å². The number of benzene rings is 2. The van der Waals surface area contributed by atoms with Crippen molar-refractivity contribution < 1.29 is 28.5 Å². The summed E-state index contributed by atoms with van der Waals surface area (Å²) in [7, 11) is 0. The standard InChI is InChI=1S/C38H52BrNO6/c1-7-8-9-10-21-43-29-16-12-27(13-17-29)28-14-18-30(19-15-28)44-36(41)32(22-24(2)3)40-35-34(39)37(42)46-38(35)45-33-23-26(6)11-20-31(33)25(4)5/h12-19,24-26,31-33,38,40H,7-11,20-23H2,1-6H3/t26-,31+,32+,33-,38+/m1/s1. The summed E-state index contributed by atoms with van der Waals surface area (Å²) in [5.74, 6) is 1.94. The van der Waals surface area contributed by atoms with Gasteiger partial charge in [0.1, 0.15) is 27.7 Å². The summed E-state index contributed by atoms with van der Waals surface area (Å²) in [6, 6.07) is 14.8. The van der Waals surface area contributed by atoms with Gasteiger partial charge in [0, 0.05) is 0 Å². The first-order valence-electron chi connectivity index (χ1n) is 17.1. The van der Waals surface area contributed by atoms with Gasteiger partial charge in [0.15, 0.2) is 0 Å². The van der Waals surface area contributed by atoms with E-state index in [1.807, 2.05) is 50.2 Å². The van der Waals surface area contributed by atoms with Gasteiger partial charge in [-0.2, -0.15) is 0 Å². The lowest BCUT2D eigenvalue weighted by atomic mass is 9.75. The minimum Gasteiger partial charge on any atom is -0.494 e. The average Bonchev–Trinajstić information content (AvgIpc) is 3.28. The highest BCUT2D eigenvalue weighted by Crippen LogP contribution is 2.38. The lowest BCUT2D eigenvalue weighted by Gasteiger charge is -2.38. The molecule has 4 rings (SSSR count). The summed E-state index contributed by atoms with van der Waals surface area (Å²) in [6.45, 7) is 13.7. The molecule has 1 N–H and O–H groups in total. The minimum absolute atomic E-state index is 0.0370. The van der Waals surface area contributed by atoms with Crippen molar-refractivity contribution in [3.63, 3.8) is 0 Å². The number of ether oxygens (including phenoxy) is 4. The zero-order chi connectivity index (χ0) is 33.2. The molecule has 0 radical (unpaired) electrons. The first-order valence-corrected chi connectivity index (χ1v) is 17.9. The van der Waals surface area contributed by atoms with E-state index >= 15 is 0 Å². The number of hydrogen-bond donors (Lipinski definition) is 1. The molecule has 0 bridgehead atoms. The summed E-state index contributed by atoms with van der Waals surface area (Å²) in [5, 5.41) is 3.28. The van der Waals surface area contributed by atoms with E-state index < -0.39 is 24.3 Å². The molecule has 0 spiro atoms. The molecule has 252 valence electrons. The Morgan fingerprint density at radius 2 is 1.61 bits per heavy atom. The topological polar surface area (TPSA) is 83.1 Å². The van der Waals surface area contributed by atoms with Gasteiger partial charge in [0.25, 0.3) is 0 Å². The molecule has 1 saturated carbocycles. The summed E-state index contributed by atoms with van der Waals surface area (Å²) in [6.07, 6.45) is 7.43. The summed E-state index contributed by atoms with van der Waals surface area (Å²) in [5.41, 5.74) is 2.51. The van der Waals surface area contributed by atoms with Crippen LogP contribution in [-0.4, -0.2) is 37.0 Å². The summed E-state index contributed by atoms with van der Waals surface area (Å²) in [4.78, 5) is 26.2. The van der Waals surface area contributed by atoms with Gasteiger partial charge in [-0.05, 0) is 101 Å². The van der Waals surface area contributed by atoms with Gasteiger partial charge in [-0.1, -0.05) is 91.5 Å². The molecular weight excluding hydrogens is 646 g/mol. The van der Waals surface area contributed by atoms with Crippen LogP contribution in [0.3, 0.4) is 0 Å². The number of hydrogen-bond acceptors (Lipinski definition) is 7. The predicted molar refractivity (Wildman–Crippen MR) is 186 cm³/mol. The van der Waals surface area contributed by atoms with Crippen molar-refractivity contribution in [1.82, 2.24) is 5.32 Å². The fraction of sp³-hybridized carbons (Fsp3) is 0.579. The molecule has 2 aliphatic rings. The second kappa shape index (κ2) is 17.4. The van der Waals surface area contributed by atoms with Crippen LogP contribution in [0.2, 0.25) is 0 Å². The van der Waals surface area contributed by atoms with Crippen LogP contribution >= 0.6 is 15.9 Å². The van der Waals surface area contributed by atoms with E-state index in [0.717, 1.165) is 42.7 Å². The molecule has 8 heteroatoms. The van der Waals surface area contributed by atoms with Crippen LogP contribution in [-0.2, 0) is 19.1 Å². The molecule has 1 aliphatic heterocycles. The number of unbranched alkanes of at least 4 members (excludes halogenated alkanes) is 3. The SMILES string of the molecule is CCCCCCOc1ccc(-c2ccc(OC(=O)[C@H](CC(C)C)NC3=C(Br)C(=O)O[C@@H]3O[C@@H]3C[C@H](C)CC[C@H]3C(C)C)cc2)cc1. The molecule has 1 heterocycles. The zero-order valence-corrected chi connectivity index (χ0v) is 29.9. The van der Waals surface area contributed by atoms with Crippen LogP contribution in [0, 0.1) is 23.7 Å². The fourth-order valence-corrected chi connectivity index (χ4v) is 6.71. The molecule has 46 heavy (non-hydrogen) atoms. The predicted octanol–water partition coefficient (Wildman–Crippen LogP) is 9.19. The van der Waals surface area contributed by atoms with Crippen molar-refractivity contribution in [2.24, 2.45) is 23.7 Å². The number of halogens is 1. The van der Waals surface area contributed by atoms with Crippen molar-refractivity contribution in [3.05, 3.63) is 58.7 Å². The largest absolute Gasteiger partial charge is 0.494 e. The Balaban J connectivity index is 1.40. The van der Waals surface area contributed by atoms with Crippen LogP contribution in [0.25, 0.3) is 11.1 Å². The Morgan fingerprint density at radius 3 is 2.22 bits per heavy atom. The van der Waals surface area contributed by atoms with Gasteiger partial charge in [0.05, 0.1) is 12.7 Å². The lowest BCUT2D eigenvalue weighted by Crippen LogP contribution is -2.44. The van der Waals surface area contributed by atoms with E-state index in [4.69, 9.17) is 18.9 Å². The molecular formula is C38H52BrNO6. The fourth-order valence-electron chi connectivity index (χ4n) is 6.32. The van der Waals surface area contributed by atoms with Gasteiger partial charge in [0.2, 0.25) is 6.29 Å². The highest BCUT2D eigenvalue weighted by Gasteiger charge is 2.41. The van der Waals surface area contributed by atoms with Gasteiger partial charge in [-0.3, -0.25) is 0 Å². The molecule has 7 nitrogen and oxygen atoms in total. The maximum absolute atomic E-state index is 13.5. The maximum Gasteiger partial charge on any atom is 0.349 e. The molecule has 0 aromatic heterocycles. The van der Waals surface area contributed by atoms with Crippen molar-refractivity contribution >= 4 is 27.9 Å². The van der Waals surface area contributed by atoms with Gasteiger partial charge >= 0.3 is 11.9 Å². The molecule has 2 aromatic carbocycles. The second-order valence-electron chi connectivity index (χ2n) is 13.7. The third-order valence-corrected chi connectivity index (χ3v) is 9.72. The van der Waals surface area contributed by atoms with Gasteiger partial charge < -0.3 is 24.3 Å². The Bertz CT molecular complexity index is 1310. The first kappa shape index (κ1) is 36.0. The van der Waals surface area contributed by atoms with Crippen LogP contribution in [0.4, 0.5) is 0 Å². The first-order chi connectivity index (χ1) is 22.0. The highest BCUT2D eigenvalue weighted by atomic mass is 79.9. The zero-order valence-electron chi connectivity index (χ0n) is 28.4. The van der Waals surface area contributed by atoms with Crippen LogP contribution in [0.5, 0.6) is 11.5 Å². The van der Waals surface area contributed by atoms with E-state index in [1.165, 1.54) is 25.7 Å². The van der Waals surface area contributed by atoms with E-state index in [1.54, 1.807) is 12.1 Å². The van der Waals surface area contributed by atoms with Crippen molar-refractivity contribution in [3.8, 4) is 22.6 Å². The Hall–Kier alpha value is -2.84. The third kappa shape index (κ3) is 10.1. The second-order valence-corrected chi connectivity index (χ2v) is 14.5. The lowest BCUT2D eigenvalue weighted by molar-refractivity contribution is -0.182. The summed E-state index contributed by atoms with van der Waals surface area (Å²) < 4.78 is 24.1. The number of nitrogens with one attached hydrogen (secondary N) is 1. The van der Waals surface area contributed by atoms with Crippen LogP contribution in [0.15, 0.2) is 58.7 Å². The Morgan fingerprint density at radius 1 is 0.957 bits per heavy atom. The quantitative estimate of drug-likeness (QED) is 0.106. The summed E-state index contributed by atoms with van der Waals surface area (Å²) >= 11 is 3.40. The van der Waals surface area contributed by atoms with E-state index in [-0.39, 0.29) is 16.5 Å². The van der Waals surface area contributed by atoms with Gasteiger partial charge in [-0.15, -0.1) is 0 Å². The van der Waals surface area contributed by atoms with Crippen molar-refractivity contribution in [2.75, 3.05) is 6.61 Å². The molecule has 2 aromatic rings. The van der Waals surface area contributed by atoms with E-state index in [2.05, 4.69) is 48.9 Å². The maximum atomic E-state index is 13.5. The normalized spacial score (nSPS) is 22.2. The van der Waals surface area contributed by atoms with Crippen molar-refractivity contribution in [2.45, 2.75) is 111 Å².